The van der Waals surface area contributed by atoms with Crippen LogP contribution in [-0.2, 0) is 0 Å². The molecule has 0 bridgehead atoms. The number of hydrogen-bond acceptors (Lipinski definition) is 4. The molecule has 3 aromatic rings. The van der Waals surface area contributed by atoms with Crippen LogP contribution in [0.4, 0.5) is 17.1 Å². The Morgan fingerprint density at radius 3 is 2.12 bits per heavy atom. The number of nitrogens with one attached hydrogen (secondary N) is 3. The lowest BCUT2D eigenvalue weighted by Crippen LogP contribution is -2.34. The molecule has 0 fully saturated rings. The number of anilines is 3. The maximum atomic E-state index is 12.5. The third kappa shape index (κ3) is 8.58. The Bertz CT molecular complexity index is 1010. The Hall–Kier alpha value is -3.38. The van der Waals surface area contributed by atoms with E-state index in [0.717, 1.165) is 29.2 Å². The van der Waals surface area contributed by atoms with Crippen LogP contribution in [0.15, 0.2) is 78.9 Å². The second-order valence-corrected chi connectivity index (χ2v) is 8.17. The quantitative estimate of drug-likeness (QED) is 0.214. The average Bonchev–Trinajstić information content (AvgIpc) is 2.83. The Kier molecular flexibility index (Phi) is 9.73. The summed E-state index contributed by atoms with van der Waals surface area (Å²) in [6, 6.07) is 24.8. The Labute approximate surface area is 201 Å². The zero-order valence-electron chi connectivity index (χ0n) is 19.0. The van der Waals surface area contributed by atoms with Gasteiger partial charge in [-0.3, -0.25) is 10.1 Å². The van der Waals surface area contributed by atoms with Gasteiger partial charge in [-0.05, 0) is 79.3 Å². The van der Waals surface area contributed by atoms with E-state index >= 15 is 0 Å². The molecule has 0 heterocycles. The van der Waals surface area contributed by atoms with Crippen LogP contribution in [0.3, 0.4) is 0 Å². The van der Waals surface area contributed by atoms with Crippen LogP contribution in [-0.4, -0.2) is 17.6 Å². The monoisotopic (exact) mass is 461 g/mol. The first-order valence-electron chi connectivity index (χ1n) is 11.4. The molecule has 3 aromatic carbocycles. The number of hydrogen-bond donors (Lipinski definition) is 3. The molecule has 0 radical (unpaired) electrons. The number of benzene rings is 3. The van der Waals surface area contributed by atoms with Crippen molar-refractivity contribution < 1.29 is 9.53 Å². The van der Waals surface area contributed by atoms with Crippen molar-refractivity contribution in [3.05, 3.63) is 84.4 Å². The van der Waals surface area contributed by atoms with E-state index in [1.165, 1.54) is 25.7 Å². The lowest BCUT2D eigenvalue weighted by atomic mass is 10.2. The molecule has 33 heavy (non-hydrogen) atoms. The molecular formula is C27H31N3O2S. The van der Waals surface area contributed by atoms with Gasteiger partial charge in [0.25, 0.3) is 5.91 Å². The van der Waals surface area contributed by atoms with Gasteiger partial charge < -0.3 is 15.4 Å². The van der Waals surface area contributed by atoms with Gasteiger partial charge in [0, 0.05) is 22.6 Å². The minimum absolute atomic E-state index is 0.246. The number of rotatable bonds is 11. The largest absolute Gasteiger partial charge is 0.494 e. The highest BCUT2D eigenvalue weighted by Crippen LogP contribution is 2.19. The Morgan fingerprint density at radius 2 is 1.42 bits per heavy atom. The van der Waals surface area contributed by atoms with Gasteiger partial charge in [0.1, 0.15) is 5.75 Å². The summed E-state index contributed by atoms with van der Waals surface area (Å²) in [4.78, 5) is 12.5. The first-order valence-corrected chi connectivity index (χ1v) is 11.8. The van der Waals surface area contributed by atoms with Crippen molar-refractivity contribution in [2.75, 3.05) is 17.2 Å². The molecule has 0 spiro atoms. The zero-order valence-corrected chi connectivity index (χ0v) is 19.8. The average molecular weight is 462 g/mol. The predicted octanol–water partition coefficient (Wildman–Crippen LogP) is 6.91. The highest BCUT2D eigenvalue weighted by molar-refractivity contribution is 7.80. The Morgan fingerprint density at radius 1 is 0.788 bits per heavy atom. The van der Waals surface area contributed by atoms with Gasteiger partial charge in [-0.2, -0.15) is 0 Å². The van der Waals surface area contributed by atoms with E-state index in [1.807, 2.05) is 66.7 Å². The van der Waals surface area contributed by atoms with Gasteiger partial charge in [0.05, 0.1) is 6.61 Å². The van der Waals surface area contributed by atoms with Crippen LogP contribution >= 0.6 is 12.2 Å². The van der Waals surface area contributed by atoms with Crippen molar-refractivity contribution >= 4 is 40.3 Å². The van der Waals surface area contributed by atoms with Gasteiger partial charge in [-0.15, -0.1) is 0 Å². The number of ether oxygens (including phenoxy) is 1. The number of thiocarbonyl (C=S) groups is 1. The normalized spacial score (nSPS) is 10.3. The fraction of sp³-hybridized carbons (Fsp3) is 0.259. The van der Waals surface area contributed by atoms with Crippen molar-refractivity contribution in [1.82, 2.24) is 5.32 Å². The van der Waals surface area contributed by atoms with Gasteiger partial charge in [0.15, 0.2) is 5.11 Å². The van der Waals surface area contributed by atoms with Crippen LogP contribution in [0.1, 0.15) is 49.4 Å². The molecule has 0 unspecified atom stereocenters. The van der Waals surface area contributed by atoms with Crippen molar-refractivity contribution in [3.8, 4) is 5.75 Å². The molecule has 0 aromatic heterocycles. The van der Waals surface area contributed by atoms with E-state index in [4.69, 9.17) is 17.0 Å². The topological polar surface area (TPSA) is 62.4 Å². The second kappa shape index (κ2) is 13.2. The minimum atomic E-state index is -0.263. The molecule has 5 nitrogen and oxygen atoms in total. The van der Waals surface area contributed by atoms with E-state index in [2.05, 4.69) is 22.9 Å². The van der Waals surface area contributed by atoms with Crippen molar-refractivity contribution in [2.24, 2.45) is 0 Å². The van der Waals surface area contributed by atoms with E-state index in [1.54, 1.807) is 12.1 Å². The fourth-order valence-electron chi connectivity index (χ4n) is 3.26. The summed E-state index contributed by atoms with van der Waals surface area (Å²) in [5.41, 5.74) is 3.30. The molecule has 3 N–H and O–H groups in total. The summed E-state index contributed by atoms with van der Waals surface area (Å²) in [6.45, 7) is 2.90. The van der Waals surface area contributed by atoms with Crippen LogP contribution in [0, 0.1) is 0 Å². The first-order chi connectivity index (χ1) is 16.1. The van der Waals surface area contributed by atoms with E-state index in [-0.39, 0.29) is 11.0 Å². The smallest absolute Gasteiger partial charge is 0.257 e. The third-order valence-corrected chi connectivity index (χ3v) is 5.27. The maximum Gasteiger partial charge on any atom is 0.257 e. The standard InChI is InChI=1S/C27H31N3O2S/c1-2-3-4-5-9-20-32-25-18-12-21(13-19-25)26(31)30-27(33)29-24-16-14-23(15-17-24)28-22-10-7-6-8-11-22/h6-8,10-19,28H,2-5,9,20H2,1H3,(H2,29,30,31,33). The second-order valence-electron chi connectivity index (χ2n) is 7.76. The van der Waals surface area contributed by atoms with E-state index < -0.39 is 0 Å². The molecular weight excluding hydrogens is 430 g/mol. The zero-order chi connectivity index (χ0) is 23.3. The molecule has 0 aliphatic rings. The minimum Gasteiger partial charge on any atom is -0.494 e. The molecule has 6 heteroatoms. The van der Waals surface area contributed by atoms with Crippen LogP contribution < -0.4 is 20.7 Å². The predicted molar refractivity (Wildman–Crippen MR) is 141 cm³/mol. The molecule has 0 atom stereocenters. The molecule has 1 amide bonds. The highest BCUT2D eigenvalue weighted by Gasteiger charge is 2.08. The number of para-hydroxylation sites is 1. The third-order valence-electron chi connectivity index (χ3n) is 5.07. The lowest BCUT2D eigenvalue weighted by molar-refractivity contribution is 0.0977. The van der Waals surface area contributed by atoms with E-state index in [0.29, 0.717) is 12.2 Å². The summed E-state index contributed by atoms with van der Waals surface area (Å²) in [7, 11) is 0. The SMILES string of the molecule is CCCCCCCOc1ccc(C(=O)NC(=S)Nc2ccc(Nc3ccccc3)cc2)cc1. The molecule has 0 saturated heterocycles. The van der Waals surface area contributed by atoms with Gasteiger partial charge in [0.2, 0.25) is 0 Å². The Balaban J connectivity index is 1.42. The van der Waals surface area contributed by atoms with Crippen molar-refractivity contribution in [2.45, 2.75) is 39.0 Å². The molecule has 0 aliphatic carbocycles. The van der Waals surface area contributed by atoms with Crippen molar-refractivity contribution in [3.63, 3.8) is 0 Å². The van der Waals surface area contributed by atoms with Gasteiger partial charge >= 0.3 is 0 Å². The molecule has 172 valence electrons. The summed E-state index contributed by atoms with van der Waals surface area (Å²) >= 11 is 5.29. The molecule has 0 saturated carbocycles. The maximum absolute atomic E-state index is 12.5. The van der Waals surface area contributed by atoms with Gasteiger partial charge in [-0.1, -0.05) is 50.8 Å². The number of unbranched alkanes of at least 4 members (excludes halogenated alkanes) is 4. The number of amides is 1. The molecule has 3 rings (SSSR count). The molecule has 0 aliphatic heterocycles. The number of carbonyl (C=O) groups is 1. The van der Waals surface area contributed by atoms with Gasteiger partial charge in [-0.25, -0.2) is 0 Å². The first kappa shape index (κ1) is 24.3. The lowest BCUT2D eigenvalue weighted by Gasteiger charge is -2.11. The summed E-state index contributed by atoms with van der Waals surface area (Å²) in [5.74, 6) is 0.507. The summed E-state index contributed by atoms with van der Waals surface area (Å²) in [6.07, 6.45) is 6.00. The summed E-state index contributed by atoms with van der Waals surface area (Å²) in [5, 5.41) is 9.33. The van der Waals surface area contributed by atoms with Crippen molar-refractivity contribution in [1.29, 1.82) is 0 Å². The number of carbonyl (C=O) groups excluding carboxylic acids is 1. The summed E-state index contributed by atoms with van der Waals surface area (Å²) < 4.78 is 5.75. The van der Waals surface area contributed by atoms with E-state index in [9.17, 15) is 4.79 Å². The van der Waals surface area contributed by atoms with Crippen LogP contribution in [0.25, 0.3) is 0 Å². The van der Waals surface area contributed by atoms with Crippen LogP contribution in [0.2, 0.25) is 0 Å². The highest BCUT2D eigenvalue weighted by atomic mass is 32.1. The fourth-order valence-corrected chi connectivity index (χ4v) is 3.47. The van der Waals surface area contributed by atoms with Crippen LogP contribution in [0.5, 0.6) is 5.75 Å².